The number of carbonyl (C=O) groups is 1. The molecule has 0 saturated carbocycles. The van der Waals surface area contributed by atoms with Crippen molar-refractivity contribution in [2.75, 3.05) is 11.5 Å². The van der Waals surface area contributed by atoms with E-state index < -0.39 is 0 Å². The van der Waals surface area contributed by atoms with E-state index in [1.807, 2.05) is 38.1 Å². The van der Waals surface area contributed by atoms with E-state index in [1.54, 1.807) is 11.8 Å². The monoisotopic (exact) mass is 300 g/mol. The molecule has 2 unspecified atom stereocenters. The first-order valence-corrected chi connectivity index (χ1v) is 7.91. The molecule has 1 aromatic rings. The van der Waals surface area contributed by atoms with Gasteiger partial charge in [-0.3, -0.25) is 4.79 Å². The van der Waals surface area contributed by atoms with Gasteiger partial charge < -0.3 is 11.1 Å². The highest BCUT2D eigenvalue weighted by molar-refractivity contribution is 7.99. The molecule has 1 aromatic carbocycles. The highest BCUT2D eigenvalue weighted by atomic mass is 35.5. The molecular weight excluding hydrogens is 280 g/mol. The number of carbonyl (C=O) groups excluding carboxylic acids is 1. The lowest BCUT2D eigenvalue weighted by Crippen LogP contribution is -2.28. The molecule has 106 valence electrons. The zero-order chi connectivity index (χ0) is 14.3. The average molecular weight is 301 g/mol. The van der Waals surface area contributed by atoms with Crippen molar-refractivity contribution in [2.45, 2.75) is 32.4 Å². The molecule has 3 nitrogen and oxygen atoms in total. The summed E-state index contributed by atoms with van der Waals surface area (Å²) in [4.78, 5) is 11.8. The van der Waals surface area contributed by atoms with Crippen molar-refractivity contribution in [2.24, 2.45) is 5.73 Å². The van der Waals surface area contributed by atoms with Crippen LogP contribution in [0.1, 0.15) is 31.9 Å². The predicted molar refractivity (Wildman–Crippen MR) is 83.6 cm³/mol. The van der Waals surface area contributed by atoms with Crippen molar-refractivity contribution in [1.29, 1.82) is 0 Å². The molecule has 19 heavy (non-hydrogen) atoms. The second kappa shape index (κ2) is 8.46. The molecule has 5 heteroatoms. The normalized spacial score (nSPS) is 13.9. The summed E-state index contributed by atoms with van der Waals surface area (Å²) in [5.41, 5.74) is 6.60. The Bertz CT molecular complexity index is 412. The molecule has 0 aromatic heterocycles. The molecule has 0 spiro atoms. The van der Waals surface area contributed by atoms with Crippen molar-refractivity contribution in [1.82, 2.24) is 5.32 Å². The van der Waals surface area contributed by atoms with Crippen LogP contribution in [0.2, 0.25) is 5.02 Å². The van der Waals surface area contributed by atoms with Crippen LogP contribution in [0, 0.1) is 0 Å². The first kappa shape index (κ1) is 16.3. The highest BCUT2D eigenvalue weighted by Gasteiger charge is 2.11. The molecular formula is C14H21ClN2OS. The van der Waals surface area contributed by atoms with Crippen LogP contribution in [0.3, 0.4) is 0 Å². The maximum Gasteiger partial charge on any atom is 0.230 e. The number of amides is 1. The lowest BCUT2D eigenvalue weighted by atomic mass is 10.1. The minimum Gasteiger partial charge on any atom is -0.349 e. The van der Waals surface area contributed by atoms with E-state index in [-0.39, 0.29) is 18.0 Å². The Kier molecular flexibility index (Phi) is 7.28. The summed E-state index contributed by atoms with van der Waals surface area (Å²) in [6.07, 6.45) is 0.929. The van der Waals surface area contributed by atoms with E-state index in [0.29, 0.717) is 10.8 Å². The molecule has 1 rings (SSSR count). The topological polar surface area (TPSA) is 55.1 Å². The molecule has 2 atom stereocenters. The third-order valence-corrected chi connectivity index (χ3v) is 4.03. The summed E-state index contributed by atoms with van der Waals surface area (Å²) in [6, 6.07) is 7.67. The Morgan fingerprint density at radius 3 is 2.74 bits per heavy atom. The summed E-state index contributed by atoms with van der Waals surface area (Å²) < 4.78 is 0. The minimum absolute atomic E-state index is 0.0297. The number of halogens is 1. The largest absolute Gasteiger partial charge is 0.349 e. The molecule has 0 aliphatic rings. The lowest BCUT2D eigenvalue weighted by Gasteiger charge is -2.15. The molecule has 1 amide bonds. The highest BCUT2D eigenvalue weighted by Crippen LogP contribution is 2.22. The Morgan fingerprint density at radius 2 is 2.11 bits per heavy atom. The van der Waals surface area contributed by atoms with Gasteiger partial charge in [-0.15, -0.1) is 0 Å². The summed E-state index contributed by atoms with van der Waals surface area (Å²) >= 11 is 7.70. The van der Waals surface area contributed by atoms with E-state index >= 15 is 0 Å². The molecule has 0 fully saturated rings. The van der Waals surface area contributed by atoms with Gasteiger partial charge in [-0.25, -0.2) is 0 Å². The van der Waals surface area contributed by atoms with Crippen molar-refractivity contribution < 1.29 is 4.79 Å². The maximum atomic E-state index is 11.8. The van der Waals surface area contributed by atoms with Crippen LogP contribution >= 0.6 is 23.4 Å². The van der Waals surface area contributed by atoms with Gasteiger partial charge in [-0.2, -0.15) is 11.8 Å². The molecule has 0 radical (unpaired) electrons. The van der Waals surface area contributed by atoms with E-state index in [1.165, 1.54) is 0 Å². The third-order valence-electron chi connectivity index (χ3n) is 2.70. The summed E-state index contributed by atoms with van der Waals surface area (Å²) in [7, 11) is 0. The summed E-state index contributed by atoms with van der Waals surface area (Å²) in [6.45, 7) is 3.91. The van der Waals surface area contributed by atoms with Crippen LogP contribution in [-0.4, -0.2) is 23.5 Å². The Morgan fingerprint density at radius 1 is 1.42 bits per heavy atom. The number of rotatable bonds is 7. The number of hydrogen-bond acceptors (Lipinski definition) is 3. The van der Waals surface area contributed by atoms with Gasteiger partial charge in [-0.1, -0.05) is 29.8 Å². The van der Waals surface area contributed by atoms with Gasteiger partial charge in [0.1, 0.15) is 0 Å². The van der Waals surface area contributed by atoms with E-state index in [4.69, 9.17) is 17.3 Å². The van der Waals surface area contributed by atoms with Gasteiger partial charge in [0, 0.05) is 11.1 Å². The van der Waals surface area contributed by atoms with Crippen LogP contribution in [0.4, 0.5) is 0 Å². The van der Waals surface area contributed by atoms with E-state index in [2.05, 4.69) is 5.32 Å². The fraction of sp³-hybridized carbons (Fsp3) is 0.500. The number of benzene rings is 1. The first-order chi connectivity index (χ1) is 9.00. The molecule has 0 aliphatic carbocycles. The molecule has 0 bridgehead atoms. The molecule has 0 saturated heterocycles. The van der Waals surface area contributed by atoms with Crippen molar-refractivity contribution in [3.8, 4) is 0 Å². The van der Waals surface area contributed by atoms with E-state index in [9.17, 15) is 4.79 Å². The number of nitrogens with one attached hydrogen (secondary N) is 1. The third kappa shape index (κ3) is 6.32. The van der Waals surface area contributed by atoms with Crippen LogP contribution in [0.25, 0.3) is 0 Å². The average Bonchev–Trinajstić information content (AvgIpc) is 2.35. The van der Waals surface area contributed by atoms with Gasteiger partial charge in [0.25, 0.3) is 0 Å². The quantitative estimate of drug-likeness (QED) is 0.761. The lowest BCUT2D eigenvalue weighted by molar-refractivity contribution is -0.119. The summed E-state index contributed by atoms with van der Waals surface area (Å²) in [5.74, 6) is 1.40. The minimum atomic E-state index is -0.0739. The number of thioether (sulfide) groups is 1. The maximum absolute atomic E-state index is 11.8. The fourth-order valence-corrected chi connectivity index (χ4v) is 2.87. The van der Waals surface area contributed by atoms with Gasteiger partial charge in [0.2, 0.25) is 5.91 Å². The zero-order valence-corrected chi connectivity index (χ0v) is 12.9. The SMILES string of the molecule is CC(N)CCSCC(=O)NC(C)c1ccccc1Cl. The van der Waals surface area contributed by atoms with Gasteiger partial charge in [0.15, 0.2) is 0 Å². The Hall–Kier alpha value is -0.710. The second-order valence-electron chi connectivity index (χ2n) is 4.63. The van der Waals surface area contributed by atoms with Gasteiger partial charge >= 0.3 is 0 Å². The molecule has 0 heterocycles. The van der Waals surface area contributed by atoms with Crippen molar-refractivity contribution in [3.05, 3.63) is 34.9 Å². The van der Waals surface area contributed by atoms with Crippen LogP contribution in [-0.2, 0) is 4.79 Å². The van der Waals surface area contributed by atoms with E-state index in [0.717, 1.165) is 17.7 Å². The number of hydrogen-bond donors (Lipinski definition) is 2. The van der Waals surface area contributed by atoms with Crippen molar-refractivity contribution >= 4 is 29.3 Å². The number of nitrogens with two attached hydrogens (primary N) is 1. The predicted octanol–water partition coefficient (Wildman–Crippen LogP) is 2.99. The van der Waals surface area contributed by atoms with Crippen molar-refractivity contribution in [3.63, 3.8) is 0 Å². The zero-order valence-electron chi connectivity index (χ0n) is 11.4. The second-order valence-corrected chi connectivity index (χ2v) is 6.14. The molecule has 3 N–H and O–H groups in total. The first-order valence-electron chi connectivity index (χ1n) is 6.37. The van der Waals surface area contributed by atoms with Crippen LogP contribution < -0.4 is 11.1 Å². The van der Waals surface area contributed by atoms with Crippen LogP contribution in [0.15, 0.2) is 24.3 Å². The summed E-state index contributed by atoms with van der Waals surface area (Å²) in [5, 5.41) is 3.63. The fourth-order valence-electron chi connectivity index (χ4n) is 1.62. The molecule has 0 aliphatic heterocycles. The van der Waals surface area contributed by atoms with Crippen LogP contribution in [0.5, 0.6) is 0 Å². The smallest absolute Gasteiger partial charge is 0.230 e. The standard InChI is InChI=1S/C14H21ClN2OS/c1-10(16)7-8-19-9-14(18)17-11(2)12-5-3-4-6-13(12)15/h3-6,10-11H,7-9,16H2,1-2H3,(H,17,18). The van der Waals surface area contributed by atoms with Gasteiger partial charge in [-0.05, 0) is 37.7 Å². The Balaban J connectivity index is 2.34. The van der Waals surface area contributed by atoms with Gasteiger partial charge in [0.05, 0.1) is 11.8 Å². The Labute approximate surface area is 124 Å².